The average Bonchev–Trinajstić information content (AvgIpc) is 2.31. The molecule has 0 spiro atoms. The number of hydrogen-bond donors (Lipinski definition) is 2. The molecule has 0 aromatic carbocycles. The van der Waals surface area contributed by atoms with Gasteiger partial charge in [0, 0.05) is 26.1 Å². The first-order valence-electron chi connectivity index (χ1n) is 3.94. The molecule has 1 heterocycles. The van der Waals surface area contributed by atoms with Gasteiger partial charge in [-0.05, 0) is 6.42 Å². The molecule has 3 N–H and O–H groups in total. The monoisotopic (exact) mass is 207 g/mol. The first-order valence-corrected chi connectivity index (χ1v) is 5.48. The molecule has 1 amide bonds. The lowest BCUT2D eigenvalue weighted by atomic mass is 10.3. The van der Waals surface area contributed by atoms with Crippen molar-refractivity contribution in [3.63, 3.8) is 0 Å². The SMILES string of the molecule is CC(=O)N1CCC(NS(N)(=O)=O)C1. The molecule has 0 radical (unpaired) electrons. The third kappa shape index (κ3) is 3.29. The maximum Gasteiger partial charge on any atom is 0.274 e. The van der Waals surface area contributed by atoms with E-state index in [4.69, 9.17) is 5.14 Å². The number of hydrogen-bond acceptors (Lipinski definition) is 3. The van der Waals surface area contributed by atoms with E-state index in [1.54, 1.807) is 4.90 Å². The summed E-state index contributed by atoms with van der Waals surface area (Å²) in [6.45, 7) is 2.45. The van der Waals surface area contributed by atoms with Crippen LogP contribution in [0.15, 0.2) is 0 Å². The molecule has 1 unspecified atom stereocenters. The van der Waals surface area contributed by atoms with Gasteiger partial charge in [0.25, 0.3) is 10.2 Å². The summed E-state index contributed by atoms with van der Waals surface area (Å²) in [4.78, 5) is 12.5. The molecule has 0 saturated carbocycles. The largest absolute Gasteiger partial charge is 0.341 e. The van der Waals surface area contributed by atoms with Crippen molar-refractivity contribution >= 4 is 16.1 Å². The van der Waals surface area contributed by atoms with Gasteiger partial charge >= 0.3 is 0 Å². The average molecular weight is 207 g/mol. The summed E-state index contributed by atoms with van der Waals surface area (Å²) in [5.74, 6) is -0.0429. The zero-order valence-corrected chi connectivity index (χ0v) is 8.17. The van der Waals surface area contributed by atoms with Crippen molar-refractivity contribution < 1.29 is 13.2 Å². The highest BCUT2D eigenvalue weighted by Gasteiger charge is 2.26. The van der Waals surface area contributed by atoms with Crippen LogP contribution in [0.25, 0.3) is 0 Å². The number of rotatable bonds is 2. The number of nitrogens with one attached hydrogen (secondary N) is 1. The minimum atomic E-state index is -3.64. The van der Waals surface area contributed by atoms with E-state index in [1.807, 2.05) is 0 Å². The van der Waals surface area contributed by atoms with Crippen LogP contribution in [0.4, 0.5) is 0 Å². The standard InChI is InChI=1S/C6H13N3O3S/c1-5(10)9-3-2-6(4-9)8-13(7,11)12/h6,8H,2-4H2,1H3,(H2,7,11,12). The Labute approximate surface area is 77.3 Å². The number of carbonyl (C=O) groups excluding carboxylic acids is 1. The van der Waals surface area contributed by atoms with Crippen LogP contribution in [0, 0.1) is 0 Å². The van der Waals surface area contributed by atoms with Crippen molar-refractivity contribution in [3.05, 3.63) is 0 Å². The second-order valence-electron chi connectivity index (χ2n) is 3.11. The summed E-state index contributed by atoms with van der Waals surface area (Å²) in [5.41, 5.74) is 0. The highest BCUT2D eigenvalue weighted by molar-refractivity contribution is 7.87. The van der Waals surface area contributed by atoms with Gasteiger partial charge in [-0.25, -0.2) is 5.14 Å². The topological polar surface area (TPSA) is 92.5 Å². The van der Waals surface area contributed by atoms with Crippen molar-refractivity contribution in [1.82, 2.24) is 9.62 Å². The molecule has 1 aliphatic rings. The van der Waals surface area contributed by atoms with Crippen LogP contribution < -0.4 is 9.86 Å². The Balaban J connectivity index is 2.47. The molecule has 7 heteroatoms. The molecule has 6 nitrogen and oxygen atoms in total. The Morgan fingerprint density at radius 3 is 2.62 bits per heavy atom. The van der Waals surface area contributed by atoms with Gasteiger partial charge in [-0.15, -0.1) is 0 Å². The van der Waals surface area contributed by atoms with E-state index in [9.17, 15) is 13.2 Å². The normalized spacial score (nSPS) is 23.5. The Morgan fingerprint density at radius 2 is 2.23 bits per heavy atom. The fraction of sp³-hybridized carbons (Fsp3) is 0.833. The smallest absolute Gasteiger partial charge is 0.274 e. The van der Waals surface area contributed by atoms with Gasteiger partial charge in [0.1, 0.15) is 0 Å². The molecule has 0 aromatic heterocycles. The highest BCUT2D eigenvalue weighted by Crippen LogP contribution is 2.09. The molecule has 0 aromatic rings. The summed E-state index contributed by atoms with van der Waals surface area (Å²) in [5, 5.41) is 4.79. The number of amides is 1. The van der Waals surface area contributed by atoms with Gasteiger partial charge in [0.15, 0.2) is 0 Å². The quantitative estimate of drug-likeness (QED) is 0.571. The van der Waals surface area contributed by atoms with Gasteiger partial charge in [0.2, 0.25) is 5.91 Å². The van der Waals surface area contributed by atoms with Gasteiger partial charge in [0.05, 0.1) is 0 Å². The molecule has 76 valence electrons. The minimum absolute atomic E-state index is 0.0429. The second-order valence-corrected chi connectivity index (χ2v) is 4.44. The molecule has 0 aliphatic carbocycles. The van der Waals surface area contributed by atoms with E-state index in [0.29, 0.717) is 19.5 Å². The van der Waals surface area contributed by atoms with Gasteiger partial charge in [-0.3, -0.25) is 4.79 Å². The summed E-state index contributed by atoms with van der Waals surface area (Å²) in [7, 11) is -3.64. The molecule has 1 aliphatic heterocycles. The summed E-state index contributed by atoms with van der Waals surface area (Å²) in [6.07, 6.45) is 0.621. The fourth-order valence-electron chi connectivity index (χ4n) is 1.37. The molecular weight excluding hydrogens is 194 g/mol. The lowest BCUT2D eigenvalue weighted by Gasteiger charge is -2.13. The van der Waals surface area contributed by atoms with E-state index in [1.165, 1.54) is 6.92 Å². The zero-order chi connectivity index (χ0) is 10.1. The first-order chi connectivity index (χ1) is 5.88. The minimum Gasteiger partial charge on any atom is -0.341 e. The molecule has 1 rings (SSSR count). The Morgan fingerprint density at radius 1 is 1.62 bits per heavy atom. The molecular formula is C6H13N3O3S. The van der Waals surface area contributed by atoms with Crippen molar-refractivity contribution in [2.75, 3.05) is 13.1 Å². The Bertz CT molecular complexity index is 300. The molecule has 1 saturated heterocycles. The van der Waals surface area contributed by atoms with Crippen LogP contribution in [0.2, 0.25) is 0 Å². The number of nitrogens with two attached hydrogens (primary N) is 1. The van der Waals surface area contributed by atoms with Crippen molar-refractivity contribution in [2.45, 2.75) is 19.4 Å². The zero-order valence-electron chi connectivity index (χ0n) is 7.36. The maximum absolute atomic E-state index is 10.9. The van der Waals surface area contributed by atoms with Crippen LogP contribution >= 0.6 is 0 Å². The van der Waals surface area contributed by atoms with Crippen LogP contribution in [0.1, 0.15) is 13.3 Å². The number of carbonyl (C=O) groups is 1. The van der Waals surface area contributed by atoms with Crippen molar-refractivity contribution in [2.24, 2.45) is 5.14 Å². The maximum atomic E-state index is 10.9. The van der Waals surface area contributed by atoms with E-state index in [-0.39, 0.29) is 11.9 Å². The number of likely N-dealkylation sites (tertiary alicyclic amines) is 1. The summed E-state index contributed by atoms with van der Waals surface area (Å²) < 4.78 is 23.5. The third-order valence-corrected chi connectivity index (χ3v) is 2.63. The van der Waals surface area contributed by atoms with Crippen LogP contribution in [0.5, 0.6) is 0 Å². The molecule has 1 atom stereocenters. The molecule has 0 bridgehead atoms. The Kier molecular flexibility index (Phi) is 2.89. The predicted molar refractivity (Wildman–Crippen MR) is 46.9 cm³/mol. The van der Waals surface area contributed by atoms with Crippen LogP contribution in [-0.2, 0) is 15.0 Å². The van der Waals surface area contributed by atoms with E-state index in [0.717, 1.165) is 0 Å². The van der Waals surface area contributed by atoms with Crippen LogP contribution in [-0.4, -0.2) is 38.4 Å². The van der Waals surface area contributed by atoms with Crippen molar-refractivity contribution in [3.8, 4) is 0 Å². The van der Waals surface area contributed by atoms with Gasteiger partial charge in [-0.2, -0.15) is 13.1 Å². The lowest BCUT2D eigenvalue weighted by Crippen LogP contribution is -2.41. The van der Waals surface area contributed by atoms with E-state index in [2.05, 4.69) is 4.72 Å². The van der Waals surface area contributed by atoms with E-state index < -0.39 is 10.2 Å². The summed E-state index contributed by atoms with van der Waals surface area (Å²) >= 11 is 0. The fourth-order valence-corrected chi connectivity index (χ4v) is 2.03. The third-order valence-electron chi connectivity index (χ3n) is 1.96. The second kappa shape index (κ2) is 3.60. The first kappa shape index (κ1) is 10.4. The lowest BCUT2D eigenvalue weighted by molar-refractivity contribution is -0.127. The van der Waals surface area contributed by atoms with Crippen molar-refractivity contribution in [1.29, 1.82) is 0 Å². The van der Waals surface area contributed by atoms with Gasteiger partial charge in [-0.1, -0.05) is 0 Å². The molecule has 13 heavy (non-hydrogen) atoms. The van der Waals surface area contributed by atoms with Gasteiger partial charge < -0.3 is 4.90 Å². The Hall–Kier alpha value is -0.660. The highest BCUT2D eigenvalue weighted by atomic mass is 32.2. The van der Waals surface area contributed by atoms with E-state index >= 15 is 0 Å². The van der Waals surface area contributed by atoms with Crippen LogP contribution in [0.3, 0.4) is 0 Å². The summed E-state index contributed by atoms with van der Waals surface area (Å²) in [6, 6.07) is -0.237. The predicted octanol–water partition coefficient (Wildman–Crippen LogP) is -1.60. The number of nitrogens with zero attached hydrogens (tertiary/aromatic N) is 1. The molecule has 1 fully saturated rings.